The first-order chi connectivity index (χ1) is 0. The van der Waals surface area contributed by atoms with Gasteiger partial charge in [-0.05, 0) is 0 Å². The minimum absolute atomic E-state index is 0. The molecule has 0 radical (unpaired) electrons. The normalized spacial score (nSPS) is 0. The third-order valence-corrected chi connectivity index (χ3v) is 0. The van der Waals surface area contributed by atoms with E-state index in [1.54, 1.807) is 0 Å². The predicted octanol–water partition coefficient (Wildman–Crippen LogP) is -12.0. The van der Waals surface area contributed by atoms with E-state index in [0.29, 0.717) is 0 Å². The first-order valence-corrected chi connectivity index (χ1v) is 0. The second-order valence-corrected chi connectivity index (χ2v) is 0. The zero-order valence-electron chi connectivity index (χ0n) is 2.01. The van der Waals surface area contributed by atoms with E-state index < -0.39 is 0 Å². The Balaban J connectivity index is 0. The number of halogens is 4. The summed E-state index contributed by atoms with van der Waals surface area (Å²) >= 11 is 0. The van der Waals surface area contributed by atoms with E-state index in [9.17, 15) is 0 Å². The van der Waals surface area contributed by atoms with E-state index in [2.05, 4.69) is 0 Å². The fraction of sp³-hybridized carbons (Fsp3) is 0. The van der Waals surface area contributed by atoms with Gasteiger partial charge in [0.1, 0.15) is 0 Å². The van der Waals surface area contributed by atoms with Crippen molar-refractivity contribution < 1.29 is 94.1 Å². The monoisotopic (exact) mass is 406 g/mol. The summed E-state index contributed by atoms with van der Waals surface area (Å²) in [5, 5.41) is 0. The van der Waals surface area contributed by atoms with Gasteiger partial charge in [-0.1, -0.05) is 0 Å². The van der Waals surface area contributed by atoms with Crippen LogP contribution in [0, 0.1) is 0 Å². The largest absolute Gasteiger partial charge is 4.00 e. The van der Waals surface area contributed by atoms with Gasteiger partial charge in [0, 0.05) is 0 Å². The van der Waals surface area contributed by atoms with Gasteiger partial charge >= 0.3 is 26.2 Å². The molecule has 0 N–H and O–H groups in total. The molecule has 0 atom stereocenters. The second-order valence-electron chi connectivity index (χ2n) is 0. The number of hydrogen-bond acceptors (Lipinski definition) is 0. The van der Waals surface area contributed by atoms with Gasteiger partial charge in [-0.2, -0.15) is 0 Å². The molecule has 0 aliphatic carbocycles. The molecule has 0 fully saturated rings. The molecule has 32 valence electrons. The van der Waals surface area contributed by atoms with Crippen molar-refractivity contribution in [2.45, 2.75) is 0 Å². The van der Waals surface area contributed by atoms with Gasteiger partial charge in [0.05, 0.1) is 0 Å². The van der Waals surface area contributed by atoms with Crippen molar-refractivity contribution in [3.8, 4) is 0 Å². The Labute approximate surface area is 92.7 Å². The molecule has 0 aromatic rings. The van der Waals surface area contributed by atoms with Crippen LogP contribution in [0.25, 0.3) is 0 Å². The molecule has 0 aliphatic rings. The van der Waals surface area contributed by atoms with Crippen molar-refractivity contribution >= 4 is 0 Å². The average molecular weight is 411 g/mol. The summed E-state index contributed by atoms with van der Waals surface area (Å²) in [5.41, 5.74) is 0. The van der Waals surface area contributed by atoms with Crippen molar-refractivity contribution in [3.63, 3.8) is 0 Å². The van der Waals surface area contributed by atoms with E-state index in [4.69, 9.17) is 0 Å². The molecule has 0 amide bonds. The van der Waals surface area contributed by atoms with Crippen molar-refractivity contribution in [1.82, 2.24) is 0 Å². The Bertz CT molecular complexity index is 3.61. The molecular weight excluding hydrogens is 411 g/mol. The summed E-state index contributed by atoms with van der Waals surface area (Å²) in [6, 6.07) is 0. The fourth-order valence-corrected chi connectivity index (χ4v) is 0. The van der Waals surface area contributed by atoms with E-state index in [-0.39, 0.29) is 94.1 Å². The van der Waals surface area contributed by atoms with Gasteiger partial charge in [0.15, 0.2) is 0 Å². The van der Waals surface area contributed by atoms with E-state index >= 15 is 0 Å². The number of hydrogen-bond donors (Lipinski definition) is 0. The molecule has 0 rings (SSSR count). The fourth-order valence-electron chi connectivity index (χ4n) is 0. The molecule has 0 saturated heterocycles. The summed E-state index contributed by atoms with van der Waals surface area (Å²) in [7, 11) is 0. The van der Waals surface area contributed by atoms with Crippen molar-refractivity contribution in [1.29, 1.82) is 0 Å². The average Bonchev–Trinajstić information content (AvgIpc) is 0. The quantitative estimate of drug-likeness (QED) is 0.372. The molecule has 0 unspecified atom stereocenters. The molecule has 0 spiro atoms. The van der Waals surface area contributed by atoms with Gasteiger partial charge in [-0.15, -0.1) is 0 Å². The van der Waals surface area contributed by atoms with Crippen LogP contribution in [0.2, 0.25) is 0 Å². The van der Waals surface area contributed by atoms with Crippen LogP contribution in [0.15, 0.2) is 0 Å². The van der Waals surface area contributed by atoms with Gasteiger partial charge in [-0.3, -0.25) is 0 Å². The molecular formula is Br4Zr. The summed E-state index contributed by atoms with van der Waals surface area (Å²) in [6.07, 6.45) is 0. The van der Waals surface area contributed by atoms with Crippen molar-refractivity contribution in [3.05, 3.63) is 0 Å². The molecule has 0 nitrogen and oxygen atoms in total. The minimum atomic E-state index is 0. The van der Waals surface area contributed by atoms with Crippen LogP contribution in [-0.4, -0.2) is 0 Å². The minimum Gasteiger partial charge on any atom is -1.00 e. The van der Waals surface area contributed by atoms with Crippen LogP contribution in [0.3, 0.4) is 0 Å². The standard InChI is InChI=1S/4BrH.Zr/h4*1H;/q;;;;+4/p-4. The van der Waals surface area contributed by atoms with Crippen LogP contribution in [0.1, 0.15) is 0 Å². The van der Waals surface area contributed by atoms with Gasteiger partial charge < -0.3 is 67.9 Å². The maximum Gasteiger partial charge on any atom is 4.00 e. The number of rotatable bonds is 0. The Morgan fingerprint density at radius 2 is 0.400 bits per heavy atom. The summed E-state index contributed by atoms with van der Waals surface area (Å²) in [6.45, 7) is 0. The Kier molecular flexibility index (Phi) is 268. The Hall–Kier alpha value is 2.80. The van der Waals surface area contributed by atoms with Gasteiger partial charge in [0.25, 0.3) is 0 Å². The zero-order chi connectivity index (χ0) is 0. The van der Waals surface area contributed by atoms with Gasteiger partial charge in [-0.25, -0.2) is 0 Å². The topological polar surface area (TPSA) is 0 Å². The third-order valence-electron chi connectivity index (χ3n) is 0. The molecule has 0 heterocycles. The maximum atomic E-state index is 0. The van der Waals surface area contributed by atoms with Crippen molar-refractivity contribution in [2.75, 3.05) is 0 Å². The smallest absolute Gasteiger partial charge is 1.00 e. The molecule has 5 heteroatoms. The molecule has 0 aliphatic heterocycles. The zero-order valence-corrected chi connectivity index (χ0v) is 10.8. The summed E-state index contributed by atoms with van der Waals surface area (Å²) in [5.74, 6) is 0. The maximum absolute atomic E-state index is 0. The predicted molar refractivity (Wildman–Crippen MR) is 0 cm³/mol. The van der Waals surface area contributed by atoms with E-state index in [1.165, 1.54) is 0 Å². The van der Waals surface area contributed by atoms with Crippen LogP contribution in [-0.2, 0) is 26.2 Å². The van der Waals surface area contributed by atoms with Crippen LogP contribution < -0.4 is 67.9 Å². The molecule has 0 bridgehead atoms. The SMILES string of the molecule is [Br-].[Br-].[Br-].[Br-].[Zr+4]. The molecule has 0 aromatic carbocycles. The summed E-state index contributed by atoms with van der Waals surface area (Å²) < 4.78 is 0. The molecule has 5 heavy (non-hydrogen) atoms. The third kappa shape index (κ3) is 20.0. The Morgan fingerprint density at radius 1 is 0.400 bits per heavy atom. The van der Waals surface area contributed by atoms with Crippen LogP contribution >= 0.6 is 0 Å². The van der Waals surface area contributed by atoms with Crippen molar-refractivity contribution in [2.24, 2.45) is 0 Å². The molecule has 0 aromatic heterocycles. The van der Waals surface area contributed by atoms with E-state index in [1.807, 2.05) is 0 Å². The van der Waals surface area contributed by atoms with Crippen LogP contribution in [0.5, 0.6) is 0 Å². The van der Waals surface area contributed by atoms with Crippen LogP contribution in [0.4, 0.5) is 0 Å². The first kappa shape index (κ1) is 46.0. The second kappa shape index (κ2) is 29.2. The molecule has 0 saturated carbocycles. The Morgan fingerprint density at radius 3 is 0.400 bits per heavy atom. The summed E-state index contributed by atoms with van der Waals surface area (Å²) in [4.78, 5) is 0. The van der Waals surface area contributed by atoms with E-state index in [0.717, 1.165) is 0 Å². The first-order valence-electron chi connectivity index (χ1n) is 0. The van der Waals surface area contributed by atoms with Gasteiger partial charge in [0.2, 0.25) is 0 Å².